The van der Waals surface area contributed by atoms with E-state index in [2.05, 4.69) is 16.0 Å². The molecule has 0 saturated heterocycles. The van der Waals surface area contributed by atoms with E-state index in [-0.39, 0.29) is 0 Å². The van der Waals surface area contributed by atoms with Crippen LogP contribution in [0.4, 0.5) is 0 Å². The van der Waals surface area contributed by atoms with Crippen LogP contribution >= 0.6 is 0 Å². The minimum absolute atomic E-state index is 0.443. The number of hydrogen-bond acceptors (Lipinski definition) is 4. The number of hydrogen-bond donors (Lipinski definition) is 0. The molecule has 0 radical (unpaired) electrons. The van der Waals surface area contributed by atoms with Crippen molar-refractivity contribution < 1.29 is 4.74 Å². The maximum absolute atomic E-state index is 9.24. The summed E-state index contributed by atoms with van der Waals surface area (Å²) >= 11 is 0. The van der Waals surface area contributed by atoms with Crippen molar-refractivity contribution in [3.8, 4) is 11.8 Å². The van der Waals surface area contributed by atoms with E-state index in [1.807, 2.05) is 31.2 Å². The van der Waals surface area contributed by atoms with Gasteiger partial charge >= 0.3 is 0 Å². The van der Waals surface area contributed by atoms with E-state index in [4.69, 9.17) is 4.74 Å². The van der Waals surface area contributed by atoms with Gasteiger partial charge in [-0.25, -0.2) is 9.97 Å². The van der Waals surface area contributed by atoms with E-state index in [0.717, 1.165) is 11.3 Å². The third-order valence-corrected chi connectivity index (χ3v) is 2.50. The SMILES string of the molecule is CCOc1ccc(C(C#N)c2ncccn2)cc1. The highest BCUT2D eigenvalue weighted by atomic mass is 16.5. The largest absolute Gasteiger partial charge is 0.494 e. The van der Waals surface area contributed by atoms with Crippen LogP contribution < -0.4 is 4.74 Å². The van der Waals surface area contributed by atoms with Crippen LogP contribution in [0.5, 0.6) is 5.75 Å². The maximum Gasteiger partial charge on any atom is 0.149 e. The zero-order valence-electron chi connectivity index (χ0n) is 10.1. The third kappa shape index (κ3) is 2.64. The van der Waals surface area contributed by atoms with Gasteiger partial charge in [-0.3, -0.25) is 0 Å². The molecule has 2 aromatic rings. The summed E-state index contributed by atoms with van der Waals surface area (Å²) in [5.41, 5.74) is 0.868. The zero-order chi connectivity index (χ0) is 12.8. The topological polar surface area (TPSA) is 58.8 Å². The fraction of sp³-hybridized carbons (Fsp3) is 0.214. The first-order chi connectivity index (χ1) is 8.85. The molecule has 0 aliphatic carbocycles. The highest BCUT2D eigenvalue weighted by Gasteiger charge is 2.15. The van der Waals surface area contributed by atoms with Crippen molar-refractivity contribution >= 4 is 0 Å². The average molecular weight is 239 g/mol. The zero-order valence-corrected chi connectivity index (χ0v) is 10.1. The molecule has 18 heavy (non-hydrogen) atoms. The fourth-order valence-electron chi connectivity index (χ4n) is 1.66. The van der Waals surface area contributed by atoms with Gasteiger partial charge in [0.1, 0.15) is 17.5 Å². The first-order valence-electron chi connectivity index (χ1n) is 5.74. The Hall–Kier alpha value is -2.41. The molecule has 2 rings (SSSR count). The number of aromatic nitrogens is 2. The summed E-state index contributed by atoms with van der Waals surface area (Å²) in [5.74, 6) is 0.873. The highest BCUT2D eigenvalue weighted by Crippen LogP contribution is 2.22. The monoisotopic (exact) mass is 239 g/mol. The van der Waals surface area contributed by atoms with Gasteiger partial charge in [-0.1, -0.05) is 12.1 Å². The van der Waals surface area contributed by atoms with Crippen LogP contribution in [-0.2, 0) is 0 Å². The molecule has 0 aliphatic heterocycles. The van der Waals surface area contributed by atoms with E-state index in [9.17, 15) is 5.26 Å². The predicted molar refractivity (Wildman–Crippen MR) is 67.1 cm³/mol. The van der Waals surface area contributed by atoms with Crippen molar-refractivity contribution in [3.05, 3.63) is 54.1 Å². The van der Waals surface area contributed by atoms with Gasteiger partial charge in [0.15, 0.2) is 0 Å². The molecule has 0 spiro atoms. The molecule has 1 heterocycles. The summed E-state index contributed by atoms with van der Waals surface area (Å²) in [4.78, 5) is 8.24. The molecule has 0 amide bonds. The standard InChI is InChI=1S/C14H13N3O/c1-2-18-12-6-4-11(5-7-12)13(10-15)14-16-8-3-9-17-14/h3-9,13H,2H2,1H3. The summed E-state index contributed by atoms with van der Waals surface area (Å²) in [6.45, 7) is 2.56. The summed E-state index contributed by atoms with van der Waals surface area (Å²) in [5, 5.41) is 9.24. The predicted octanol–water partition coefficient (Wildman–Crippen LogP) is 2.53. The number of benzene rings is 1. The Kier molecular flexibility index (Phi) is 3.87. The van der Waals surface area contributed by atoms with Crippen LogP contribution in [0, 0.1) is 11.3 Å². The van der Waals surface area contributed by atoms with Crippen LogP contribution in [0.1, 0.15) is 24.2 Å². The Balaban J connectivity index is 2.26. The van der Waals surface area contributed by atoms with Gasteiger partial charge in [-0.15, -0.1) is 0 Å². The van der Waals surface area contributed by atoms with Gasteiger partial charge in [0.2, 0.25) is 0 Å². The lowest BCUT2D eigenvalue weighted by atomic mass is 10.00. The molecule has 1 aromatic heterocycles. The number of ether oxygens (including phenoxy) is 1. The van der Waals surface area contributed by atoms with Crippen LogP contribution in [0.25, 0.3) is 0 Å². The van der Waals surface area contributed by atoms with Crippen molar-refractivity contribution in [3.63, 3.8) is 0 Å². The van der Waals surface area contributed by atoms with Crippen LogP contribution in [0.2, 0.25) is 0 Å². The molecule has 1 unspecified atom stereocenters. The number of nitrogens with zero attached hydrogens (tertiary/aromatic N) is 3. The summed E-state index contributed by atoms with van der Waals surface area (Å²) in [6.07, 6.45) is 3.28. The molecule has 1 atom stereocenters. The first-order valence-corrected chi connectivity index (χ1v) is 5.74. The van der Waals surface area contributed by atoms with Gasteiger partial charge in [0.05, 0.1) is 12.7 Å². The van der Waals surface area contributed by atoms with Gasteiger partial charge in [0, 0.05) is 12.4 Å². The third-order valence-electron chi connectivity index (χ3n) is 2.50. The maximum atomic E-state index is 9.24. The summed E-state index contributed by atoms with van der Waals surface area (Å²) in [6, 6.07) is 11.4. The molecule has 0 N–H and O–H groups in total. The molecule has 1 aromatic carbocycles. The fourth-order valence-corrected chi connectivity index (χ4v) is 1.66. The molecule has 0 bridgehead atoms. The van der Waals surface area contributed by atoms with Gasteiger partial charge in [-0.2, -0.15) is 5.26 Å². The summed E-state index contributed by atoms with van der Waals surface area (Å²) < 4.78 is 5.37. The van der Waals surface area contributed by atoms with Gasteiger partial charge < -0.3 is 4.74 Å². The Morgan fingerprint density at radius 2 is 1.89 bits per heavy atom. The van der Waals surface area contributed by atoms with E-state index in [1.54, 1.807) is 18.5 Å². The van der Waals surface area contributed by atoms with Crippen molar-refractivity contribution in [1.29, 1.82) is 5.26 Å². The van der Waals surface area contributed by atoms with E-state index >= 15 is 0 Å². The molecule has 4 heteroatoms. The van der Waals surface area contributed by atoms with E-state index in [1.165, 1.54) is 0 Å². The molecular weight excluding hydrogens is 226 g/mol. The molecule has 0 fully saturated rings. The Bertz CT molecular complexity index is 531. The van der Waals surface area contributed by atoms with E-state index < -0.39 is 5.92 Å². The quantitative estimate of drug-likeness (QED) is 0.822. The van der Waals surface area contributed by atoms with Crippen LogP contribution in [0.15, 0.2) is 42.7 Å². The molecule has 0 aliphatic rings. The lowest BCUT2D eigenvalue weighted by Gasteiger charge is -2.09. The van der Waals surface area contributed by atoms with Crippen molar-refractivity contribution in [2.75, 3.05) is 6.61 Å². The second kappa shape index (κ2) is 5.78. The lowest BCUT2D eigenvalue weighted by Crippen LogP contribution is -2.03. The molecule has 90 valence electrons. The number of nitriles is 1. The first kappa shape index (κ1) is 12.1. The number of rotatable bonds is 4. The Morgan fingerprint density at radius 1 is 1.22 bits per heavy atom. The highest BCUT2D eigenvalue weighted by molar-refractivity contribution is 5.35. The molecule has 4 nitrogen and oxygen atoms in total. The average Bonchev–Trinajstić information content (AvgIpc) is 2.43. The minimum Gasteiger partial charge on any atom is -0.494 e. The smallest absolute Gasteiger partial charge is 0.149 e. The summed E-state index contributed by atoms with van der Waals surface area (Å²) in [7, 11) is 0. The second-order valence-electron chi connectivity index (χ2n) is 3.67. The van der Waals surface area contributed by atoms with E-state index in [0.29, 0.717) is 12.4 Å². The van der Waals surface area contributed by atoms with Crippen molar-refractivity contribution in [2.45, 2.75) is 12.8 Å². The molecule has 0 saturated carbocycles. The van der Waals surface area contributed by atoms with Gasteiger partial charge in [-0.05, 0) is 30.7 Å². The van der Waals surface area contributed by atoms with Crippen LogP contribution in [-0.4, -0.2) is 16.6 Å². The lowest BCUT2D eigenvalue weighted by molar-refractivity contribution is 0.340. The second-order valence-corrected chi connectivity index (χ2v) is 3.67. The normalized spacial score (nSPS) is 11.6. The Morgan fingerprint density at radius 3 is 2.44 bits per heavy atom. The van der Waals surface area contributed by atoms with Crippen molar-refractivity contribution in [1.82, 2.24) is 9.97 Å². The minimum atomic E-state index is -0.443. The Labute approximate surface area is 106 Å². The van der Waals surface area contributed by atoms with Crippen molar-refractivity contribution in [2.24, 2.45) is 0 Å². The molecular formula is C14H13N3O. The van der Waals surface area contributed by atoms with Gasteiger partial charge in [0.25, 0.3) is 0 Å². The van der Waals surface area contributed by atoms with Crippen LogP contribution in [0.3, 0.4) is 0 Å².